The lowest BCUT2D eigenvalue weighted by Crippen LogP contribution is -2.68. The first-order valence-electron chi connectivity index (χ1n) is 32.0. The minimum atomic E-state index is -5.32. The van der Waals surface area contributed by atoms with Crippen LogP contribution in [0.5, 0.6) is 0 Å². The molecule has 6 aliphatic heterocycles. The van der Waals surface area contributed by atoms with E-state index in [0.717, 1.165) is 31.1 Å². The summed E-state index contributed by atoms with van der Waals surface area (Å²) >= 11 is 0. The van der Waals surface area contributed by atoms with Gasteiger partial charge in [0.2, 0.25) is 0 Å². The van der Waals surface area contributed by atoms with Crippen LogP contribution in [0, 0.1) is 39.4 Å². The molecule has 0 radical (unpaired) electrons. The van der Waals surface area contributed by atoms with E-state index in [1.54, 1.807) is 0 Å². The van der Waals surface area contributed by atoms with E-state index in [-0.39, 0.29) is 17.8 Å². The molecule has 532 valence electrons. The number of hydrogen-bond donors (Lipinski definition) is 13. The summed E-state index contributed by atoms with van der Waals surface area (Å²) in [5, 5.41) is 133. The highest BCUT2D eigenvalue weighted by Crippen LogP contribution is 2.77. The Labute approximate surface area is 538 Å². The zero-order chi connectivity index (χ0) is 68.0. The first-order valence-corrected chi connectivity index (χ1v) is 33.4. The molecule has 6 heterocycles. The number of methoxy groups -OCH3 is 1. The van der Waals surface area contributed by atoms with Crippen molar-refractivity contribution in [2.45, 2.75) is 265 Å². The second-order valence-electron chi connectivity index (χ2n) is 28.4. The average Bonchev–Trinajstić information content (AvgIpc) is 1.51. The summed E-state index contributed by atoms with van der Waals surface area (Å²) in [5.74, 6) is -1.29. The Morgan fingerprint density at radius 1 is 0.656 bits per heavy atom. The lowest BCUT2D eigenvalue weighted by atomic mass is 9.41. The summed E-state index contributed by atoms with van der Waals surface area (Å²) in [6.07, 6.45) is -37.0. The zero-order valence-corrected chi connectivity index (χ0v) is 54.2. The highest BCUT2D eigenvalue weighted by molar-refractivity contribution is 7.80. The Bertz CT molecular complexity index is 2800. The molecule has 1 unspecified atom stereocenters. The zero-order valence-electron chi connectivity index (χ0n) is 53.4. The molecular formula is C61H96O31S. The molecule has 0 aromatic rings. The summed E-state index contributed by atoms with van der Waals surface area (Å²) < 4.78 is 118. The fraction of sp³-hybridized carbons (Fsp3) is 0.902. The van der Waals surface area contributed by atoms with Gasteiger partial charge in [-0.05, 0) is 94.3 Å². The molecule has 10 aliphatic rings. The van der Waals surface area contributed by atoms with Crippen LogP contribution in [0.3, 0.4) is 0 Å². The van der Waals surface area contributed by atoms with Gasteiger partial charge >= 0.3 is 22.3 Å². The lowest BCUT2D eigenvalue weighted by molar-refractivity contribution is -0.405. The fourth-order valence-electron chi connectivity index (χ4n) is 17.9. The van der Waals surface area contributed by atoms with E-state index in [4.69, 9.17) is 65.8 Å². The minimum Gasteiger partial charge on any atom is -0.462 e. The number of cyclic esters (lactones) is 1. The van der Waals surface area contributed by atoms with Crippen LogP contribution in [0.4, 0.5) is 0 Å². The maximum Gasteiger partial charge on any atom is 0.397 e. The van der Waals surface area contributed by atoms with E-state index in [9.17, 15) is 83.8 Å². The highest BCUT2D eigenvalue weighted by atomic mass is 32.3. The lowest BCUT2D eigenvalue weighted by Gasteiger charge is -2.64. The molecule has 93 heavy (non-hydrogen) atoms. The number of hydrogen-bond acceptors (Lipinski definition) is 30. The Kier molecular flexibility index (Phi) is 21.9. The molecule has 9 fully saturated rings. The molecule has 31 nitrogen and oxygen atoms in total. The van der Waals surface area contributed by atoms with Crippen molar-refractivity contribution < 1.29 is 150 Å². The van der Waals surface area contributed by atoms with E-state index < -0.39 is 236 Å². The van der Waals surface area contributed by atoms with Crippen molar-refractivity contribution >= 4 is 22.3 Å². The molecule has 1 spiro atoms. The Morgan fingerprint density at radius 2 is 1.24 bits per heavy atom. The number of aliphatic hydroxyl groups excluding tert-OH is 12. The van der Waals surface area contributed by atoms with Crippen molar-refractivity contribution in [3.05, 3.63) is 23.8 Å². The van der Waals surface area contributed by atoms with Crippen molar-refractivity contribution in [1.29, 1.82) is 0 Å². The van der Waals surface area contributed by atoms with E-state index in [2.05, 4.69) is 26.5 Å². The van der Waals surface area contributed by atoms with Gasteiger partial charge in [-0.3, -0.25) is 14.1 Å². The summed E-state index contributed by atoms with van der Waals surface area (Å²) in [6, 6.07) is 0. The maximum absolute atomic E-state index is 14.8. The topological polar surface area (TPSA) is 460 Å². The molecule has 13 N–H and O–H groups in total. The van der Waals surface area contributed by atoms with Crippen molar-refractivity contribution in [3.8, 4) is 0 Å². The van der Waals surface area contributed by atoms with Crippen LogP contribution < -0.4 is 0 Å². The number of carbonyl (C=O) groups excluding carboxylic acids is 2. The SMILES string of the molecule is C=C(C)CCC[C@]1(C)OC(=O)[C@]23CC[C@H]4C(=CC[C@H]5C(C)(C)C(O[C@@H]6OC[C@@H](OS(=O)(=O)O)[C@H](O)[C@H]6O[C@@H]6O[C@H](CO)[C@@H](O[C@@H]7O[C@H](CO)[C@@H](O)[C@H](O[C@@H]8O[C@H](CO)[C@@H](O)[C@H](OC)[C@H]8O)[C@H]7O)[C@H](O)[C@H]6O[C@@H]6OC[C@@H](O)[C@H](O)[C@H]6O)CC[C@]45C)[C@]2(C)C[C@H](OC(C)=O)[C@@H]31. The molecule has 6 saturated heterocycles. The number of rotatable bonds is 21. The van der Waals surface area contributed by atoms with Gasteiger partial charge in [-0.1, -0.05) is 44.9 Å². The first-order chi connectivity index (χ1) is 43.6. The number of esters is 2. The number of ether oxygens (including phenoxy) is 13. The number of allylic oxidation sites excluding steroid dienone is 3. The van der Waals surface area contributed by atoms with E-state index in [1.807, 2.05) is 27.7 Å². The summed E-state index contributed by atoms with van der Waals surface area (Å²) in [5.41, 5.74) is -1.65. The van der Waals surface area contributed by atoms with Crippen molar-refractivity contribution in [1.82, 2.24) is 0 Å². The molecule has 10 rings (SSSR count). The minimum absolute atomic E-state index is 0.0414. The van der Waals surface area contributed by atoms with Crippen molar-refractivity contribution in [2.75, 3.05) is 40.1 Å². The highest BCUT2D eigenvalue weighted by Gasteiger charge is 2.79. The third kappa shape index (κ3) is 13.2. The first kappa shape index (κ1) is 73.1. The van der Waals surface area contributed by atoms with Gasteiger partial charge in [0.05, 0.1) is 50.5 Å². The third-order valence-electron chi connectivity index (χ3n) is 22.4. The summed E-state index contributed by atoms with van der Waals surface area (Å²) in [7, 11) is -4.17. The molecule has 32 atom stereocenters. The molecule has 0 aromatic carbocycles. The van der Waals surface area contributed by atoms with Crippen LogP contribution in [0.1, 0.15) is 106 Å². The van der Waals surface area contributed by atoms with Crippen LogP contribution in [0.15, 0.2) is 23.8 Å². The standard InChI is InChI=1S/C61H96O31S/c1-25(2)11-10-16-60(8)50-30(82-26(3)65)19-59(7)28-12-13-35-57(4,5)36(15-17-58(35,6)27(28)14-18-61(50,59)56(75)91-60)86-54-48(40(70)34(24-81-54)92-93(76,77)78)90-55-49(89-51-41(71)37(67)29(66)23-80-51)42(72)45(33(22-64)85-55)87-53-44(74)47(39(69)32(21-63)84-53)88-52-43(73)46(79-9)38(68)31(20-62)83-52/h12,27,29-55,62-64,66-74H,1,10-11,13-24H2,2-9H3,(H,76,77,78)/t27-,29+,30-,31+,32+,33+,34+,35-,36?,37-,38+,39+,40-,41+,42-,43+,44+,45+,46-,47-,48+,49+,50+,51-,52-,53-,54-,55-,58+,59-,60-,61+/m0/s1. The van der Waals surface area contributed by atoms with E-state index in [0.29, 0.717) is 44.9 Å². The van der Waals surface area contributed by atoms with Crippen LogP contribution in [-0.2, 0) is 85.8 Å². The second kappa shape index (κ2) is 27.8. The van der Waals surface area contributed by atoms with E-state index in [1.165, 1.54) is 6.92 Å². The smallest absolute Gasteiger partial charge is 0.397 e. The van der Waals surface area contributed by atoms with Crippen LogP contribution in [-0.4, -0.2) is 285 Å². The third-order valence-corrected chi connectivity index (χ3v) is 22.9. The predicted molar refractivity (Wildman–Crippen MR) is 310 cm³/mol. The molecule has 32 heteroatoms. The largest absolute Gasteiger partial charge is 0.462 e. The average molecular weight is 1360 g/mol. The Morgan fingerprint density at radius 3 is 1.85 bits per heavy atom. The molecule has 4 aliphatic carbocycles. The van der Waals surface area contributed by atoms with Gasteiger partial charge in [0, 0.05) is 19.4 Å². The van der Waals surface area contributed by atoms with Gasteiger partial charge in [0.1, 0.15) is 122 Å². The fourth-order valence-corrected chi connectivity index (χ4v) is 18.3. The molecule has 0 aromatic heterocycles. The Balaban J connectivity index is 0.925. The van der Waals surface area contributed by atoms with Gasteiger partial charge < -0.3 is 123 Å². The molecular weight excluding hydrogens is 1260 g/mol. The van der Waals surface area contributed by atoms with Crippen molar-refractivity contribution in [3.63, 3.8) is 0 Å². The van der Waals surface area contributed by atoms with E-state index >= 15 is 0 Å². The monoisotopic (exact) mass is 1360 g/mol. The summed E-state index contributed by atoms with van der Waals surface area (Å²) in [4.78, 5) is 27.6. The number of aliphatic hydroxyl groups is 12. The van der Waals surface area contributed by atoms with Crippen molar-refractivity contribution in [2.24, 2.45) is 39.4 Å². The van der Waals surface area contributed by atoms with Gasteiger partial charge in [0.15, 0.2) is 31.5 Å². The quantitative estimate of drug-likeness (QED) is 0.0319. The number of fused-ring (bicyclic) bond motifs is 4. The number of carbonyl (C=O) groups is 2. The van der Waals surface area contributed by atoms with Crippen LogP contribution in [0.25, 0.3) is 0 Å². The van der Waals surface area contributed by atoms with Crippen LogP contribution >= 0.6 is 0 Å². The molecule has 0 amide bonds. The molecule has 0 bridgehead atoms. The van der Waals surface area contributed by atoms with Gasteiger partial charge in [0.25, 0.3) is 0 Å². The predicted octanol–water partition coefficient (Wildman–Crippen LogP) is -2.58. The molecule has 3 saturated carbocycles. The van der Waals surface area contributed by atoms with Gasteiger partial charge in [-0.15, -0.1) is 6.58 Å². The summed E-state index contributed by atoms with van der Waals surface area (Å²) in [6.45, 7) is 13.6. The second-order valence-corrected chi connectivity index (χ2v) is 29.5. The Hall–Kier alpha value is -2.63. The maximum atomic E-state index is 14.8. The van der Waals surface area contributed by atoms with Gasteiger partial charge in [-0.25, -0.2) is 4.18 Å². The van der Waals surface area contributed by atoms with Gasteiger partial charge in [-0.2, -0.15) is 8.42 Å². The van der Waals surface area contributed by atoms with Crippen LogP contribution in [0.2, 0.25) is 0 Å². The normalized spacial score (nSPS) is 49.7.